The summed E-state index contributed by atoms with van der Waals surface area (Å²) in [4.78, 5) is 23.1. The number of carboxylic acid groups (broad SMARTS) is 1. The van der Waals surface area contributed by atoms with E-state index in [1.807, 2.05) is 0 Å². The molecule has 0 aromatic rings. The molecule has 30 heavy (non-hydrogen) atoms. The van der Waals surface area contributed by atoms with E-state index < -0.39 is 80.1 Å². The topological polar surface area (TPSA) is 192 Å². The van der Waals surface area contributed by atoms with Crippen LogP contribution in [0, 0.1) is 11.8 Å². The van der Waals surface area contributed by atoms with Crippen LogP contribution in [0.5, 0.6) is 0 Å². The zero-order valence-corrected chi connectivity index (χ0v) is 15.9. The number of rotatable bonds is 6. The van der Waals surface area contributed by atoms with Gasteiger partial charge < -0.3 is 49.6 Å². The number of carboxylic acids is 1. The molecule has 12 nitrogen and oxygen atoms in total. The highest BCUT2D eigenvalue weighted by molar-refractivity contribution is 5.87. The number of carbonyl (C=O) groups excluding carboxylic acids is 1. The van der Waals surface area contributed by atoms with Crippen molar-refractivity contribution in [1.29, 1.82) is 0 Å². The van der Waals surface area contributed by atoms with Gasteiger partial charge in [-0.25, -0.2) is 4.79 Å². The second kappa shape index (κ2) is 8.98. The minimum absolute atomic E-state index is 0.209. The van der Waals surface area contributed by atoms with Crippen molar-refractivity contribution in [2.75, 3.05) is 13.2 Å². The molecule has 1 saturated heterocycles. The van der Waals surface area contributed by atoms with Gasteiger partial charge in [0.2, 0.25) is 6.29 Å². The molecule has 3 rings (SSSR count). The molecular formula is C18H24O12. The van der Waals surface area contributed by atoms with Crippen LogP contribution in [0.4, 0.5) is 0 Å². The van der Waals surface area contributed by atoms with Gasteiger partial charge in [-0.3, -0.25) is 4.79 Å². The Morgan fingerprint density at radius 3 is 2.33 bits per heavy atom. The average molecular weight is 432 g/mol. The summed E-state index contributed by atoms with van der Waals surface area (Å²) in [6, 6.07) is 0. The van der Waals surface area contributed by atoms with Gasteiger partial charge >= 0.3 is 11.9 Å². The molecule has 1 aliphatic carbocycles. The molecule has 9 atom stereocenters. The van der Waals surface area contributed by atoms with Crippen molar-refractivity contribution in [3.63, 3.8) is 0 Å². The fourth-order valence-corrected chi connectivity index (χ4v) is 3.96. The second-order valence-electron chi connectivity index (χ2n) is 7.24. The van der Waals surface area contributed by atoms with E-state index >= 15 is 0 Å². The number of carbonyl (C=O) groups is 2. The fourth-order valence-electron chi connectivity index (χ4n) is 3.96. The lowest BCUT2D eigenvalue weighted by molar-refractivity contribution is -0.340. The van der Waals surface area contributed by atoms with Gasteiger partial charge in [-0.15, -0.1) is 0 Å². The summed E-state index contributed by atoms with van der Waals surface area (Å²) < 4.78 is 21.5. The Morgan fingerprint density at radius 1 is 1.07 bits per heavy atom. The highest BCUT2D eigenvalue weighted by Crippen LogP contribution is 2.45. The molecule has 0 aromatic carbocycles. The van der Waals surface area contributed by atoms with Crippen LogP contribution in [0.1, 0.15) is 6.92 Å². The Labute approximate surface area is 170 Å². The molecule has 0 saturated carbocycles. The van der Waals surface area contributed by atoms with Gasteiger partial charge in [0.15, 0.2) is 6.29 Å². The van der Waals surface area contributed by atoms with Gasteiger partial charge in [0.1, 0.15) is 30.5 Å². The molecule has 6 N–H and O–H groups in total. The molecule has 0 bridgehead atoms. The summed E-state index contributed by atoms with van der Waals surface area (Å²) in [6.45, 7) is -0.0172. The third-order valence-electron chi connectivity index (χ3n) is 5.38. The van der Waals surface area contributed by atoms with Crippen LogP contribution >= 0.6 is 0 Å². The van der Waals surface area contributed by atoms with Gasteiger partial charge in [0.25, 0.3) is 0 Å². The van der Waals surface area contributed by atoms with E-state index in [4.69, 9.17) is 18.9 Å². The zero-order chi connectivity index (χ0) is 22.2. The van der Waals surface area contributed by atoms with Crippen LogP contribution in [0.25, 0.3) is 0 Å². The molecule has 0 amide bonds. The van der Waals surface area contributed by atoms with Gasteiger partial charge in [0.05, 0.1) is 31.0 Å². The number of hydrogen-bond donors (Lipinski definition) is 6. The first-order valence-corrected chi connectivity index (χ1v) is 9.23. The SMILES string of the molecule is CC(=O)OC1C=C(CO)[C@H]2C(OC3OC(CO)C(O)C(O)C3O)OC=C(C(=O)O)[C@H]12. The highest BCUT2D eigenvalue weighted by Gasteiger charge is 2.53. The number of fused-ring (bicyclic) bond motifs is 1. The van der Waals surface area contributed by atoms with Crippen molar-refractivity contribution < 1.29 is 59.2 Å². The van der Waals surface area contributed by atoms with Crippen LogP contribution in [0.3, 0.4) is 0 Å². The molecule has 168 valence electrons. The maximum atomic E-state index is 11.7. The number of aliphatic hydroxyl groups excluding tert-OH is 5. The minimum atomic E-state index is -1.71. The van der Waals surface area contributed by atoms with Gasteiger partial charge in [0, 0.05) is 12.8 Å². The third-order valence-corrected chi connectivity index (χ3v) is 5.38. The van der Waals surface area contributed by atoms with Gasteiger partial charge in [-0.2, -0.15) is 0 Å². The minimum Gasteiger partial charge on any atom is -0.478 e. The van der Waals surface area contributed by atoms with Crippen molar-refractivity contribution in [3.05, 3.63) is 23.5 Å². The molecule has 12 heteroatoms. The lowest BCUT2D eigenvalue weighted by atomic mass is 9.82. The number of esters is 1. The summed E-state index contributed by atoms with van der Waals surface area (Å²) in [7, 11) is 0. The van der Waals surface area contributed by atoms with Crippen LogP contribution in [0.2, 0.25) is 0 Å². The van der Waals surface area contributed by atoms with Gasteiger partial charge in [-0.05, 0) is 11.6 Å². The van der Waals surface area contributed by atoms with Crippen molar-refractivity contribution >= 4 is 11.9 Å². The van der Waals surface area contributed by atoms with E-state index in [-0.39, 0.29) is 11.1 Å². The Morgan fingerprint density at radius 2 is 1.77 bits per heavy atom. The van der Waals surface area contributed by atoms with E-state index in [9.17, 15) is 40.2 Å². The molecular weight excluding hydrogens is 408 g/mol. The summed E-state index contributed by atoms with van der Waals surface area (Å²) in [5, 5.41) is 58.5. The van der Waals surface area contributed by atoms with Crippen molar-refractivity contribution in [2.24, 2.45) is 11.8 Å². The van der Waals surface area contributed by atoms with E-state index in [0.717, 1.165) is 13.2 Å². The molecule has 0 aromatic heterocycles. The van der Waals surface area contributed by atoms with Crippen LogP contribution < -0.4 is 0 Å². The number of ether oxygens (including phenoxy) is 4. The lowest BCUT2D eigenvalue weighted by Gasteiger charge is -2.43. The standard InChI is InChI=1S/C18H24O12/c1-6(21)28-9-2-7(3-19)11-12(9)8(16(25)26)5-27-17(11)30-18-15(24)14(23)13(22)10(4-20)29-18/h2,5,9-15,17-20,22-24H,3-4H2,1H3,(H,25,26)/t9?,10?,11-,12-,13?,14?,15?,17?,18?/m1/s1. The molecule has 1 fully saturated rings. The van der Waals surface area contributed by atoms with Crippen molar-refractivity contribution in [2.45, 2.75) is 50.0 Å². The number of aliphatic carboxylic acids is 1. The predicted octanol–water partition coefficient (Wildman–Crippen LogP) is -2.78. The number of hydrogen-bond acceptors (Lipinski definition) is 11. The second-order valence-corrected chi connectivity index (χ2v) is 7.24. The van der Waals surface area contributed by atoms with Crippen LogP contribution in [-0.2, 0) is 28.5 Å². The zero-order valence-electron chi connectivity index (χ0n) is 15.9. The smallest absolute Gasteiger partial charge is 0.335 e. The quantitative estimate of drug-likeness (QED) is 0.187. The Kier molecular flexibility index (Phi) is 6.77. The summed E-state index contributed by atoms with van der Waals surface area (Å²) in [5.74, 6) is -3.84. The highest BCUT2D eigenvalue weighted by atomic mass is 16.8. The van der Waals surface area contributed by atoms with Crippen molar-refractivity contribution in [1.82, 2.24) is 0 Å². The van der Waals surface area contributed by atoms with E-state index in [1.165, 1.54) is 6.08 Å². The first-order valence-electron chi connectivity index (χ1n) is 9.23. The summed E-state index contributed by atoms with van der Waals surface area (Å²) in [6.07, 6.45) is -7.70. The van der Waals surface area contributed by atoms with E-state index in [1.54, 1.807) is 0 Å². The Balaban J connectivity index is 1.88. The average Bonchev–Trinajstić information content (AvgIpc) is 3.06. The Bertz CT molecular complexity index is 731. The Hall–Kier alpha value is -2.06. The maximum absolute atomic E-state index is 11.7. The third kappa shape index (κ3) is 4.07. The molecule has 3 aliphatic rings. The molecule has 0 radical (unpaired) electrons. The molecule has 2 heterocycles. The monoisotopic (exact) mass is 432 g/mol. The molecule has 0 spiro atoms. The lowest BCUT2D eigenvalue weighted by Crippen LogP contribution is -2.60. The van der Waals surface area contributed by atoms with Gasteiger partial charge in [-0.1, -0.05) is 0 Å². The van der Waals surface area contributed by atoms with E-state index in [2.05, 4.69) is 0 Å². The predicted molar refractivity (Wildman–Crippen MR) is 93.1 cm³/mol. The largest absolute Gasteiger partial charge is 0.478 e. The van der Waals surface area contributed by atoms with Crippen LogP contribution in [0.15, 0.2) is 23.5 Å². The normalized spacial score (nSPS) is 40.7. The summed E-state index contributed by atoms with van der Waals surface area (Å²) >= 11 is 0. The molecule has 2 aliphatic heterocycles. The summed E-state index contributed by atoms with van der Waals surface area (Å²) in [5.41, 5.74) is 0.0762. The fraction of sp³-hybridized carbons (Fsp3) is 0.667. The molecule has 7 unspecified atom stereocenters. The first-order chi connectivity index (χ1) is 14.2. The van der Waals surface area contributed by atoms with Crippen LogP contribution in [-0.4, -0.2) is 98.9 Å². The first kappa shape index (κ1) is 22.6. The number of aliphatic hydroxyl groups is 5. The maximum Gasteiger partial charge on any atom is 0.335 e. The van der Waals surface area contributed by atoms with E-state index in [0.29, 0.717) is 0 Å². The van der Waals surface area contributed by atoms with Crippen molar-refractivity contribution in [3.8, 4) is 0 Å².